The van der Waals surface area contributed by atoms with E-state index in [2.05, 4.69) is 42.0 Å². The summed E-state index contributed by atoms with van der Waals surface area (Å²) in [6.07, 6.45) is 8.70. The molecule has 0 radical (unpaired) electrons. The standard InChI is InChI=1S/C19H26N2O2S/c1-4-5-8-18-20-16(14-21(18)10-9-19(22)23-3)12-15(2)13-17-7-6-11-24-17/h6-7,11-12,14H,4-5,8-10,13H2,1-3H3/b15-12-. The van der Waals surface area contributed by atoms with Gasteiger partial charge in [0, 0.05) is 30.5 Å². The maximum atomic E-state index is 11.4. The van der Waals surface area contributed by atoms with Crippen molar-refractivity contribution in [2.24, 2.45) is 0 Å². The molecular formula is C19H26N2O2S. The van der Waals surface area contributed by atoms with Crippen molar-refractivity contribution in [3.05, 3.63) is 45.7 Å². The zero-order valence-electron chi connectivity index (χ0n) is 14.7. The minimum atomic E-state index is -0.184. The molecule has 0 bridgehead atoms. The molecule has 130 valence electrons. The Bertz CT molecular complexity index is 672. The van der Waals surface area contributed by atoms with Crippen molar-refractivity contribution in [3.63, 3.8) is 0 Å². The Morgan fingerprint density at radius 1 is 1.46 bits per heavy atom. The molecule has 5 heteroatoms. The lowest BCUT2D eigenvalue weighted by molar-refractivity contribution is -0.140. The van der Waals surface area contributed by atoms with Crippen LogP contribution in [0.25, 0.3) is 6.08 Å². The van der Waals surface area contributed by atoms with E-state index in [0.717, 1.165) is 37.2 Å². The van der Waals surface area contributed by atoms with E-state index in [4.69, 9.17) is 9.72 Å². The van der Waals surface area contributed by atoms with Crippen LogP contribution in [0, 0.1) is 0 Å². The van der Waals surface area contributed by atoms with Crippen molar-refractivity contribution in [1.29, 1.82) is 0 Å². The van der Waals surface area contributed by atoms with Gasteiger partial charge < -0.3 is 9.30 Å². The first kappa shape index (κ1) is 18.5. The Labute approximate surface area is 148 Å². The van der Waals surface area contributed by atoms with E-state index in [1.807, 2.05) is 6.20 Å². The summed E-state index contributed by atoms with van der Waals surface area (Å²) in [5, 5.41) is 2.10. The number of imidazole rings is 1. The summed E-state index contributed by atoms with van der Waals surface area (Å²) in [5.74, 6) is 0.868. The number of nitrogens with zero attached hydrogens (tertiary/aromatic N) is 2. The van der Waals surface area contributed by atoms with E-state index in [1.165, 1.54) is 17.6 Å². The number of aromatic nitrogens is 2. The van der Waals surface area contributed by atoms with Crippen LogP contribution in [0.2, 0.25) is 0 Å². The van der Waals surface area contributed by atoms with Gasteiger partial charge in [-0.1, -0.05) is 25.0 Å². The minimum Gasteiger partial charge on any atom is -0.469 e. The molecule has 24 heavy (non-hydrogen) atoms. The number of rotatable bonds is 9. The summed E-state index contributed by atoms with van der Waals surface area (Å²) >= 11 is 1.78. The second kappa shape index (κ2) is 9.42. The number of allylic oxidation sites excluding steroid dienone is 1. The third kappa shape index (κ3) is 5.64. The molecule has 0 atom stereocenters. The Balaban J connectivity index is 2.10. The largest absolute Gasteiger partial charge is 0.469 e. The summed E-state index contributed by atoms with van der Waals surface area (Å²) in [5.41, 5.74) is 2.26. The van der Waals surface area contributed by atoms with Gasteiger partial charge in [-0.2, -0.15) is 0 Å². The predicted molar refractivity (Wildman–Crippen MR) is 99.1 cm³/mol. The van der Waals surface area contributed by atoms with Gasteiger partial charge >= 0.3 is 5.97 Å². The molecule has 0 saturated carbocycles. The summed E-state index contributed by atoms with van der Waals surface area (Å²) in [4.78, 5) is 17.5. The maximum Gasteiger partial charge on any atom is 0.307 e. The topological polar surface area (TPSA) is 44.1 Å². The Morgan fingerprint density at radius 2 is 2.29 bits per heavy atom. The number of aryl methyl sites for hydroxylation is 2. The average Bonchev–Trinajstić information content (AvgIpc) is 3.20. The second-order valence-corrected chi connectivity index (χ2v) is 6.98. The molecule has 0 unspecified atom stereocenters. The van der Waals surface area contributed by atoms with Crippen LogP contribution in [0.15, 0.2) is 29.3 Å². The molecule has 2 aromatic heterocycles. The van der Waals surface area contributed by atoms with E-state index >= 15 is 0 Å². The monoisotopic (exact) mass is 346 g/mol. The number of ether oxygens (including phenoxy) is 1. The van der Waals surface area contributed by atoms with Gasteiger partial charge in [0.05, 0.1) is 19.2 Å². The lowest BCUT2D eigenvalue weighted by Crippen LogP contribution is -2.09. The van der Waals surface area contributed by atoms with Crippen molar-refractivity contribution < 1.29 is 9.53 Å². The predicted octanol–water partition coefficient (Wildman–Crippen LogP) is 4.50. The van der Waals surface area contributed by atoms with Gasteiger partial charge in [0.1, 0.15) is 5.82 Å². The van der Waals surface area contributed by atoms with Crippen LogP contribution >= 0.6 is 11.3 Å². The molecule has 0 aliphatic carbocycles. The van der Waals surface area contributed by atoms with Gasteiger partial charge in [0.2, 0.25) is 0 Å². The Morgan fingerprint density at radius 3 is 2.96 bits per heavy atom. The number of carbonyl (C=O) groups is 1. The minimum absolute atomic E-state index is 0.184. The van der Waals surface area contributed by atoms with Crippen LogP contribution in [-0.4, -0.2) is 22.6 Å². The zero-order chi connectivity index (χ0) is 17.4. The molecule has 0 aromatic carbocycles. The van der Waals surface area contributed by atoms with Gasteiger partial charge in [-0.05, 0) is 30.9 Å². The fraction of sp³-hybridized carbons (Fsp3) is 0.474. The third-order valence-electron chi connectivity index (χ3n) is 3.84. The van der Waals surface area contributed by atoms with Crippen LogP contribution in [0.4, 0.5) is 0 Å². The normalized spacial score (nSPS) is 11.7. The van der Waals surface area contributed by atoms with Crippen LogP contribution in [-0.2, 0) is 28.9 Å². The van der Waals surface area contributed by atoms with Gasteiger partial charge in [0.25, 0.3) is 0 Å². The number of esters is 1. The van der Waals surface area contributed by atoms with Gasteiger partial charge in [-0.25, -0.2) is 4.98 Å². The molecule has 2 rings (SSSR count). The molecule has 0 spiro atoms. The average molecular weight is 346 g/mol. The molecule has 0 aliphatic heterocycles. The smallest absolute Gasteiger partial charge is 0.307 e. The molecule has 2 aromatic rings. The zero-order valence-corrected chi connectivity index (χ0v) is 15.6. The lowest BCUT2D eigenvalue weighted by Gasteiger charge is -2.06. The summed E-state index contributed by atoms with van der Waals surface area (Å²) < 4.78 is 6.83. The SMILES string of the molecule is CCCCc1nc(/C=C(/C)Cc2cccs2)cn1CCC(=O)OC. The van der Waals surface area contributed by atoms with Crippen molar-refractivity contribution in [3.8, 4) is 0 Å². The lowest BCUT2D eigenvalue weighted by atomic mass is 10.1. The molecule has 4 nitrogen and oxygen atoms in total. The number of hydrogen-bond donors (Lipinski definition) is 0. The van der Waals surface area contributed by atoms with Gasteiger partial charge in [-0.3, -0.25) is 4.79 Å². The highest BCUT2D eigenvalue weighted by Crippen LogP contribution is 2.17. The molecule has 0 saturated heterocycles. The first-order chi connectivity index (χ1) is 11.6. The van der Waals surface area contributed by atoms with Gasteiger partial charge in [0.15, 0.2) is 0 Å². The quantitative estimate of drug-likeness (QED) is 0.628. The highest BCUT2D eigenvalue weighted by atomic mass is 32.1. The number of hydrogen-bond acceptors (Lipinski definition) is 4. The number of methoxy groups -OCH3 is 1. The number of thiophene rings is 1. The highest BCUT2D eigenvalue weighted by Gasteiger charge is 2.09. The molecule has 2 heterocycles. The first-order valence-electron chi connectivity index (χ1n) is 8.44. The van der Waals surface area contributed by atoms with Crippen LogP contribution < -0.4 is 0 Å². The summed E-state index contributed by atoms with van der Waals surface area (Å²) in [6.45, 7) is 4.93. The second-order valence-electron chi connectivity index (χ2n) is 5.95. The number of unbranched alkanes of at least 4 members (excludes halogenated alkanes) is 1. The van der Waals surface area contributed by atoms with Crippen LogP contribution in [0.3, 0.4) is 0 Å². The molecule has 0 aliphatic rings. The van der Waals surface area contributed by atoms with Crippen molar-refractivity contribution in [2.45, 2.75) is 52.5 Å². The van der Waals surface area contributed by atoms with E-state index < -0.39 is 0 Å². The van der Waals surface area contributed by atoms with E-state index in [0.29, 0.717) is 13.0 Å². The van der Waals surface area contributed by atoms with Crippen LogP contribution in [0.5, 0.6) is 0 Å². The fourth-order valence-electron chi connectivity index (χ4n) is 2.58. The summed E-state index contributed by atoms with van der Waals surface area (Å²) in [7, 11) is 1.43. The van der Waals surface area contributed by atoms with Crippen molar-refractivity contribution >= 4 is 23.4 Å². The first-order valence-corrected chi connectivity index (χ1v) is 9.32. The highest BCUT2D eigenvalue weighted by molar-refractivity contribution is 7.09. The number of carbonyl (C=O) groups excluding carboxylic acids is 1. The summed E-state index contributed by atoms with van der Waals surface area (Å²) in [6, 6.07) is 4.24. The molecule has 0 N–H and O–H groups in total. The third-order valence-corrected chi connectivity index (χ3v) is 4.72. The molecule has 0 fully saturated rings. The van der Waals surface area contributed by atoms with E-state index in [9.17, 15) is 4.79 Å². The molecule has 0 amide bonds. The Hall–Kier alpha value is -1.88. The molecular weight excluding hydrogens is 320 g/mol. The van der Waals surface area contributed by atoms with Crippen molar-refractivity contribution in [2.75, 3.05) is 7.11 Å². The Kier molecular flexibility index (Phi) is 7.25. The van der Waals surface area contributed by atoms with Crippen LogP contribution in [0.1, 0.15) is 49.5 Å². The van der Waals surface area contributed by atoms with E-state index in [1.54, 1.807) is 11.3 Å². The maximum absolute atomic E-state index is 11.4. The van der Waals surface area contributed by atoms with Gasteiger partial charge in [-0.15, -0.1) is 11.3 Å². The fourth-order valence-corrected chi connectivity index (χ4v) is 3.38. The van der Waals surface area contributed by atoms with Crippen molar-refractivity contribution in [1.82, 2.24) is 9.55 Å². The van der Waals surface area contributed by atoms with E-state index in [-0.39, 0.29) is 5.97 Å².